The fraction of sp³-hybridized carbons (Fsp3) is 0.474. The maximum absolute atomic E-state index is 13.8. The van der Waals surface area contributed by atoms with Gasteiger partial charge in [-0.05, 0) is 11.6 Å². The second kappa shape index (κ2) is 7.26. The van der Waals surface area contributed by atoms with Crippen LogP contribution in [0.4, 0.5) is 10.2 Å². The van der Waals surface area contributed by atoms with Crippen LogP contribution in [0.5, 0.6) is 0 Å². The number of nitrogens with zero attached hydrogens (tertiary/aromatic N) is 2. The van der Waals surface area contributed by atoms with Gasteiger partial charge in [0, 0.05) is 29.5 Å². The van der Waals surface area contributed by atoms with Gasteiger partial charge in [0.05, 0.1) is 12.3 Å². The van der Waals surface area contributed by atoms with Gasteiger partial charge in [0.1, 0.15) is 17.5 Å². The van der Waals surface area contributed by atoms with Gasteiger partial charge in [0.25, 0.3) is 0 Å². The van der Waals surface area contributed by atoms with Gasteiger partial charge in [-0.2, -0.15) is 0 Å². The van der Waals surface area contributed by atoms with Crippen molar-refractivity contribution in [2.45, 2.75) is 59.1 Å². The van der Waals surface area contributed by atoms with Gasteiger partial charge in [-0.15, -0.1) is 0 Å². The monoisotopic (exact) mass is 331 g/mol. The van der Waals surface area contributed by atoms with Gasteiger partial charge in [-0.3, -0.25) is 0 Å². The molecule has 0 bridgehead atoms. The van der Waals surface area contributed by atoms with Crippen molar-refractivity contribution in [3.63, 3.8) is 0 Å². The number of anilines is 1. The Morgan fingerprint density at radius 1 is 1.17 bits per heavy atom. The Balaban J connectivity index is 2.22. The van der Waals surface area contributed by atoms with Crippen LogP contribution in [-0.2, 0) is 18.6 Å². The van der Waals surface area contributed by atoms with Crippen molar-refractivity contribution in [2.75, 3.05) is 5.32 Å². The van der Waals surface area contributed by atoms with Crippen LogP contribution in [0.1, 0.15) is 63.2 Å². The molecule has 0 aliphatic heterocycles. The summed E-state index contributed by atoms with van der Waals surface area (Å²) >= 11 is 0. The van der Waals surface area contributed by atoms with E-state index in [2.05, 4.69) is 49.9 Å². The summed E-state index contributed by atoms with van der Waals surface area (Å²) in [5, 5.41) is 12.3. The second-order valence-corrected chi connectivity index (χ2v) is 7.34. The van der Waals surface area contributed by atoms with Crippen molar-refractivity contribution in [3.05, 3.63) is 52.7 Å². The molecule has 0 aliphatic rings. The molecule has 0 atom stereocenters. The summed E-state index contributed by atoms with van der Waals surface area (Å²) in [5.41, 5.74) is 2.01. The lowest BCUT2D eigenvalue weighted by Crippen LogP contribution is -2.17. The first-order valence-corrected chi connectivity index (χ1v) is 8.22. The van der Waals surface area contributed by atoms with Crippen LogP contribution in [0.3, 0.4) is 0 Å². The SMILES string of the molecule is CC(C)c1nc(NCc2ccc(CO)c(F)c2)cc(C(C)(C)C)n1. The third-order valence-corrected chi connectivity index (χ3v) is 3.79. The van der Waals surface area contributed by atoms with Crippen molar-refractivity contribution in [2.24, 2.45) is 0 Å². The summed E-state index contributed by atoms with van der Waals surface area (Å²) in [4.78, 5) is 9.22. The van der Waals surface area contributed by atoms with E-state index in [1.54, 1.807) is 12.1 Å². The highest BCUT2D eigenvalue weighted by molar-refractivity contribution is 5.39. The van der Waals surface area contributed by atoms with Gasteiger partial charge >= 0.3 is 0 Å². The number of hydrogen-bond donors (Lipinski definition) is 2. The Morgan fingerprint density at radius 2 is 1.88 bits per heavy atom. The van der Waals surface area contributed by atoms with Crippen LogP contribution in [0, 0.1) is 5.82 Å². The molecule has 1 heterocycles. The number of benzene rings is 1. The first kappa shape index (κ1) is 18.3. The lowest BCUT2D eigenvalue weighted by Gasteiger charge is -2.20. The molecule has 5 heteroatoms. The Morgan fingerprint density at radius 3 is 2.42 bits per heavy atom. The van der Waals surface area contributed by atoms with Crippen molar-refractivity contribution >= 4 is 5.82 Å². The average molecular weight is 331 g/mol. The van der Waals surface area contributed by atoms with E-state index < -0.39 is 5.82 Å². The minimum Gasteiger partial charge on any atom is -0.392 e. The molecule has 0 saturated carbocycles. The summed E-state index contributed by atoms with van der Waals surface area (Å²) in [6.07, 6.45) is 0. The molecule has 0 unspecified atom stereocenters. The summed E-state index contributed by atoms with van der Waals surface area (Å²) in [6, 6.07) is 6.79. The molecular weight excluding hydrogens is 305 g/mol. The molecule has 2 N–H and O–H groups in total. The van der Waals surface area contributed by atoms with Gasteiger partial charge in [0.2, 0.25) is 0 Å². The fourth-order valence-corrected chi connectivity index (χ4v) is 2.22. The Labute approximate surface area is 143 Å². The Hall–Kier alpha value is -2.01. The Kier molecular flexibility index (Phi) is 5.54. The molecule has 1 aromatic heterocycles. The predicted molar refractivity (Wildman–Crippen MR) is 94.5 cm³/mol. The number of nitrogens with one attached hydrogen (secondary N) is 1. The van der Waals surface area contributed by atoms with Gasteiger partial charge in [-0.25, -0.2) is 14.4 Å². The van der Waals surface area contributed by atoms with E-state index in [0.717, 1.165) is 22.9 Å². The molecule has 0 amide bonds. The maximum Gasteiger partial charge on any atom is 0.133 e. The van der Waals surface area contributed by atoms with Crippen LogP contribution < -0.4 is 5.32 Å². The maximum atomic E-state index is 13.8. The highest BCUT2D eigenvalue weighted by Gasteiger charge is 2.19. The minimum atomic E-state index is -0.391. The van der Waals surface area contributed by atoms with E-state index in [9.17, 15) is 4.39 Å². The smallest absolute Gasteiger partial charge is 0.133 e. The molecule has 0 radical (unpaired) electrons. The molecule has 130 valence electrons. The summed E-state index contributed by atoms with van der Waals surface area (Å²) in [7, 11) is 0. The summed E-state index contributed by atoms with van der Waals surface area (Å²) in [6.45, 7) is 10.6. The third kappa shape index (κ3) is 4.51. The number of aromatic nitrogens is 2. The second-order valence-electron chi connectivity index (χ2n) is 7.34. The van der Waals surface area contributed by atoms with E-state index in [4.69, 9.17) is 5.11 Å². The molecule has 2 rings (SSSR count). The molecule has 0 aliphatic carbocycles. The highest BCUT2D eigenvalue weighted by Crippen LogP contribution is 2.24. The van der Waals surface area contributed by atoms with Crippen LogP contribution >= 0.6 is 0 Å². The van der Waals surface area contributed by atoms with Crippen LogP contribution in [-0.4, -0.2) is 15.1 Å². The lowest BCUT2D eigenvalue weighted by molar-refractivity contribution is 0.275. The van der Waals surface area contributed by atoms with E-state index in [1.807, 2.05) is 6.07 Å². The van der Waals surface area contributed by atoms with E-state index in [1.165, 1.54) is 6.07 Å². The molecule has 1 aromatic carbocycles. The largest absolute Gasteiger partial charge is 0.392 e. The topological polar surface area (TPSA) is 58.0 Å². The molecule has 24 heavy (non-hydrogen) atoms. The number of rotatable bonds is 5. The quantitative estimate of drug-likeness (QED) is 0.864. The van der Waals surface area contributed by atoms with E-state index >= 15 is 0 Å². The zero-order valence-electron chi connectivity index (χ0n) is 15.0. The van der Waals surface area contributed by atoms with Crippen molar-refractivity contribution in [1.29, 1.82) is 0 Å². The first-order valence-electron chi connectivity index (χ1n) is 8.22. The molecule has 0 saturated heterocycles. The molecule has 4 nitrogen and oxygen atoms in total. The van der Waals surface area contributed by atoms with Gasteiger partial charge in [-0.1, -0.05) is 46.8 Å². The van der Waals surface area contributed by atoms with Gasteiger partial charge in [0.15, 0.2) is 0 Å². The van der Waals surface area contributed by atoms with E-state index in [0.29, 0.717) is 12.1 Å². The van der Waals surface area contributed by atoms with Crippen molar-refractivity contribution in [1.82, 2.24) is 9.97 Å². The molecule has 0 spiro atoms. The average Bonchev–Trinajstić information content (AvgIpc) is 2.52. The zero-order chi connectivity index (χ0) is 17.9. The Bertz CT molecular complexity index is 708. The highest BCUT2D eigenvalue weighted by atomic mass is 19.1. The fourth-order valence-electron chi connectivity index (χ4n) is 2.22. The lowest BCUT2D eigenvalue weighted by atomic mass is 9.91. The van der Waals surface area contributed by atoms with Crippen LogP contribution in [0.15, 0.2) is 24.3 Å². The molecule has 0 fully saturated rings. The molecule has 2 aromatic rings. The van der Waals surface area contributed by atoms with Crippen LogP contribution in [0.2, 0.25) is 0 Å². The summed E-state index contributed by atoms with van der Waals surface area (Å²) in [5.74, 6) is 1.38. The number of hydrogen-bond acceptors (Lipinski definition) is 4. The van der Waals surface area contributed by atoms with Crippen molar-refractivity contribution in [3.8, 4) is 0 Å². The van der Waals surface area contributed by atoms with Gasteiger partial charge < -0.3 is 10.4 Å². The molecular formula is C19H26FN3O. The number of halogens is 1. The number of aliphatic hydroxyl groups excluding tert-OH is 1. The predicted octanol–water partition coefficient (Wildman–Crippen LogP) is 4.14. The number of aliphatic hydroxyl groups is 1. The normalized spacial score (nSPS) is 11.8. The zero-order valence-corrected chi connectivity index (χ0v) is 15.0. The standard InChI is InChI=1S/C19H26FN3O/c1-12(2)18-22-16(19(3,4)5)9-17(23-18)21-10-13-6-7-14(11-24)15(20)8-13/h6-9,12,24H,10-11H2,1-5H3,(H,21,22,23). The third-order valence-electron chi connectivity index (χ3n) is 3.79. The summed E-state index contributed by atoms with van der Waals surface area (Å²) < 4.78 is 13.8. The first-order chi connectivity index (χ1) is 11.2. The van der Waals surface area contributed by atoms with Crippen molar-refractivity contribution < 1.29 is 9.50 Å². The van der Waals surface area contributed by atoms with Crippen LogP contribution in [0.25, 0.3) is 0 Å². The van der Waals surface area contributed by atoms with E-state index in [-0.39, 0.29) is 17.9 Å². The minimum absolute atomic E-state index is 0.0715.